The van der Waals surface area contributed by atoms with E-state index in [1.807, 2.05) is 31.2 Å². The normalized spacial score (nSPS) is 11.8. The van der Waals surface area contributed by atoms with Crippen molar-refractivity contribution in [2.75, 3.05) is 7.11 Å². The Labute approximate surface area is 153 Å². The van der Waals surface area contributed by atoms with Gasteiger partial charge < -0.3 is 10.1 Å². The monoisotopic (exact) mass is 401 g/mol. The highest BCUT2D eigenvalue weighted by Gasteiger charge is 2.18. The van der Waals surface area contributed by atoms with Crippen molar-refractivity contribution < 1.29 is 9.53 Å². The minimum absolute atomic E-state index is 0.208. The lowest BCUT2D eigenvalue weighted by atomic mass is 10.2. The molecule has 0 bridgehead atoms. The minimum atomic E-state index is -0.367. The fourth-order valence-corrected chi connectivity index (χ4v) is 2.58. The van der Waals surface area contributed by atoms with Gasteiger partial charge in [-0.15, -0.1) is 5.10 Å². The van der Waals surface area contributed by atoms with Crippen LogP contribution in [0.3, 0.4) is 0 Å². The molecule has 0 radical (unpaired) electrons. The van der Waals surface area contributed by atoms with Gasteiger partial charge in [0, 0.05) is 10.0 Å². The number of carbonyl (C=O) groups excluding carboxylic acids is 1. The molecule has 7 nitrogen and oxygen atoms in total. The molecule has 8 heteroatoms. The molecule has 2 aromatic carbocycles. The molecule has 25 heavy (non-hydrogen) atoms. The second-order valence-corrected chi connectivity index (χ2v) is 6.26. The molecule has 0 saturated heterocycles. The first kappa shape index (κ1) is 17.1. The van der Waals surface area contributed by atoms with Crippen LogP contribution in [-0.4, -0.2) is 33.2 Å². The van der Waals surface area contributed by atoms with E-state index in [1.165, 1.54) is 0 Å². The number of tetrazole rings is 1. The van der Waals surface area contributed by atoms with E-state index >= 15 is 0 Å². The summed E-state index contributed by atoms with van der Waals surface area (Å²) in [5, 5.41) is 14.7. The Bertz CT molecular complexity index is 862. The summed E-state index contributed by atoms with van der Waals surface area (Å²) in [5.74, 6) is 1.04. The molecule has 1 N–H and O–H groups in total. The lowest BCUT2D eigenvalue weighted by Gasteiger charge is -2.14. The Balaban J connectivity index is 1.77. The molecular formula is C17H16BrN5O2. The van der Waals surface area contributed by atoms with E-state index in [9.17, 15) is 4.79 Å². The number of ether oxygens (including phenoxy) is 1. The first-order valence-corrected chi connectivity index (χ1v) is 8.37. The first-order valence-electron chi connectivity index (χ1n) is 7.57. The van der Waals surface area contributed by atoms with Crippen LogP contribution in [0.5, 0.6) is 5.75 Å². The van der Waals surface area contributed by atoms with Crippen LogP contribution in [-0.2, 0) is 0 Å². The average molecular weight is 402 g/mol. The number of rotatable bonds is 5. The Morgan fingerprint density at radius 1 is 1.16 bits per heavy atom. The van der Waals surface area contributed by atoms with E-state index in [0.717, 1.165) is 10.2 Å². The number of nitrogens with zero attached hydrogens (tertiary/aromatic N) is 4. The van der Waals surface area contributed by atoms with Crippen LogP contribution in [0.1, 0.15) is 29.1 Å². The third kappa shape index (κ3) is 3.85. The molecule has 1 atom stereocenters. The molecule has 3 rings (SSSR count). The Kier molecular flexibility index (Phi) is 5.08. The number of hydrogen-bond donors (Lipinski definition) is 1. The number of methoxy groups -OCH3 is 1. The van der Waals surface area contributed by atoms with Crippen LogP contribution in [0.2, 0.25) is 0 Å². The standard InChI is InChI=1S/C17H16BrN5O2/c1-11(19-17(24)12-3-9-15(25-2)10-4-12)16-20-21-22-23(16)14-7-5-13(18)6-8-14/h3-11H,1-2H3,(H,19,24). The third-order valence-electron chi connectivity index (χ3n) is 3.65. The Hall–Kier alpha value is -2.74. The van der Waals surface area contributed by atoms with Gasteiger partial charge in [-0.1, -0.05) is 15.9 Å². The molecule has 128 valence electrons. The second-order valence-electron chi connectivity index (χ2n) is 5.35. The van der Waals surface area contributed by atoms with Crippen LogP contribution in [0, 0.1) is 0 Å². The number of amides is 1. The van der Waals surface area contributed by atoms with Crippen LogP contribution in [0.4, 0.5) is 0 Å². The summed E-state index contributed by atoms with van der Waals surface area (Å²) < 4.78 is 7.66. The highest BCUT2D eigenvalue weighted by atomic mass is 79.9. The number of benzene rings is 2. The number of aromatic nitrogens is 4. The molecule has 3 aromatic rings. The molecule has 0 aliphatic carbocycles. The molecule has 0 aliphatic heterocycles. The third-order valence-corrected chi connectivity index (χ3v) is 4.18. The number of hydrogen-bond acceptors (Lipinski definition) is 5. The first-order chi connectivity index (χ1) is 12.1. The SMILES string of the molecule is COc1ccc(C(=O)NC(C)c2nnnn2-c2ccc(Br)cc2)cc1. The van der Waals surface area contributed by atoms with Crippen molar-refractivity contribution in [2.24, 2.45) is 0 Å². The van der Waals surface area contributed by atoms with E-state index in [2.05, 4.69) is 36.8 Å². The zero-order chi connectivity index (χ0) is 17.8. The van der Waals surface area contributed by atoms with Gasteiger partial charge in [0.15, 0.2) is 5.82 Å². The number of nitrogens with one attached hydrogen (secondary N) is 1. The summed E-state index contributed by atoms with van der Waals surface area (Å²) in [6.45, 7) is 1.84. The van der Waals surface area contributed by atoms with E-state index in [1.54, 1.807) is 36.1 Å². The van der Waals surface area contributed by atoms with Crippen molar-refractivity contribution in [1.82, 2.24) is 25.5 Å². The van der Waals surface area contributed by atoms with E-state index in [0.29, 0.717) is 17.1 Å². The molecule has 1 unspecified atom stereocenters. The predicted octanol–water partition coefficient (Wildman–Crippen LogP) is 2.92. The molecule has 1 aromatic heterocycles. The maximum atomic E-state index is 12.4. The molecule has 0 fully saturated rings. The van der Waals surface area contributed by atoms with Crippen molar-refractivity contribution in [3.63, 3.8) is 0 Å². The van der Waals surface area contributed by atoms with Gasteiger partial charge in [-0.05, 0) is 65.9 Å². The van der Waals surface area contributed by atoms with Gasteiger partial charge >= 0.3 is 0 Å². The van der Waals surface area contributed by atoms with Crippen LogP contribution in [0.15, 0.2) is 53.0 Å². The summed E-state index contributed by atoms with van der Waals surface area (Å²) >= 11 is 3.40. The Morgan fingerprint density at radius 3 is 2.48 bits per heavy atom. The van der Waals surface area contributed by atoms with Gasteiger partial charge in [-0.3, -0.25) is 4.79 Å². The maximum Gasteiger partial charge on any atom is 0.251 e. The van der Waals surface area contributed by atoms with Crippen molar-refractivity contribution in [1.29, 1.82) is 0 Å². The summed E-state index contributed by atoms with van der Waals surface area (Å²) in [7, 11) is 1.58. The largest absolute Gasteiger partial charge is 0.497 e. The second kappa shape index (κ2) is 7.43. The number of halogens is 1. The molecular weight excluding hydrogens is 386 g/mol. The highest BCUT2D eigenvalue weighted by Crippen LogP contribution is 2.18. The summed E-state index contributed by atoms with van der Waals surface area (Å²) in [6.07, 6.45) is 0. The summed E-state index contributed by atoms with van der Waals surface area (Å²) in [4.78, 5) is 12.4. The predicted molar refractivity (Wildman–Crippen MR) is 95.7 cm³/mol. The van der Waals surface area contributed by atoms with Crippen LogP contribution in [0.25, 0.3) is 5.69 Å². The fourth-order valence-electron chi connectivity index (χ4n) is 2.32. The lowest BCUT2D eigenvalue weighted by molar-refractivity contribution is 0.0938. The van der Waals surface area contributed by atoms with Gasteiger partial charge in [0.2, 0.25) is 0 Å². The highest BCUT2D eigenvalue weighted by molar-refractivity contribution is 9.10. The van der Waals surface area contributed by atoms with Gasteiger partial charge in [0.25, 0.3) is 5.91 Å². The maximum absolute atomic E-state index is 12.4. The Morgan fingerprint density at radius 2 is 1.84 bits per heavy atom. The van der Waals surface area contributed by atoms with E-state index in [-0.39, 0.29) is 11.9 Å². The van der Waals surface area contributed by atoms with Crippen molar-refractivity contribution >= 4 is 21.8 Å². The quantitative estimate of drug-likeness (QED) is 0.710. The lowest BCUT2D eigenvalue weighted by Crippen LogP contribution is -2.28. The van der Waals surface area contributed by atoms with Crippen LogP contribution >= 0.6 is 15.9 Å². The smallest absolute Gasteiger partial charge is 0.251 e. The zero-order valence-electron chi connectivity index (χ0n) is 13.7. The van der Waals surface area contributed by atoms with Gasteiger partial charge in [0.05, 0.1) is 18.8 Å². The minimum Gasteiger partial charge on any atom is -0.497 e. The van der Waals surface area contributed by atoms with Gasteiger partial charge in [-0.2, -0.15) is 4.68 Å². The number of carbonyl (C=O) groups is 1. The van der Waals surface area contributed by atoms with Gasteiger partial charge in [-0.25, -0.2) is 0 Å². The van der Waals surface area contributed by atoms with Crippen molar-refractivity contribution in [3.05, 3.63) is 64.4 Å². The van der Waals surface area contributed by atoms with E-state index in [4.69, 9.17) is 4.74 Å². The average Bonchev–Trinajstić information content (AvgIpc) is 3.12. The molecule has 1 amide bonds. The summed E-state index contributed by atoms with van der Waals surface area (Å²) in [5.41, 5.74) is 1.35. The van der Waals surface area contributed by atoms with Crippen molar-refractivity contribution in [3.8, 4) is 11.4 Å². The zero-order valence-corrected chi connectivity index (χ0v) is 15.3. The topological polar surface area (TPSA) is 81.9 Å². The molecule has 0 spiro atoms. The van der Waals surface area contributed by atoms with Crippen LogP contribution < -0.4 is 10.1 Å². The van der Waals surface area contributed by atoms with Gasteiger partial charge in [0.1, 0.15) is 5.75 Å². The fraction of sp³-hybridized carbons (Fsp3) is 0.176. The van der Waals surface area contributed by atoms with Crippen molar-refractivity contribution in [2.45, 2.75) is 13.0 Å². The molecule has 0 aliphatic rings. The van der Waals surface area contributed by atoms with E-state index < -0.39 is 0 Å². The summed E-state index contributed by atoms with van der Waals surface area (Å²) in [6, 6.07) is 14.1. The molecule has 1 heterocycles. The molecule has 0 saturated carbocycles.